The monoisotopic (exact) mass is 286 g/mol. The molecular formula is C15H18N4O2. The van der Waals surface area contributed by atoms with Gasteiger partial charge in [-0.05, 0) is 25.5 Å². The molecule has 1 amide bonds. The number of pyridine rings is 1. The van der Waals surface area contributed by atoms with Crippen LogP contribution < -0.4 is 10.2 Å². The molecule has 110 valence electrons. The molecule has 1 fully saturated rings. The third-order valence-electron chi connectivity index (χ3n) is 3.53. The SMILES string of the molecule is C=C(C)OC(=O)NC1CCN(c2c[nH]c3cccnc23)C1. The number of nitrogens with zero attached hydrogens (tertiary/aromatic N) is 2. The number of amides is 1. The zero-order valence-corrected chi connectivity index (χ0v) is 11.9. The van der Waals surface area contributed by atoms with Crippen LogP contribution in [0, 0.1) is 0 Å². The minimum atomic E-state index is -0.439. The first-order chi connectivity index (χ1) is 10.1. The standard InChI is InChI=1S/C15H18N4O2/c1-10(2)21-15(20)18-11-5-7-19(9-11)13-8-17-12-4-3-6-16-14(12)13/h3-4,6,8,11,17H,1,5,7,9H2,2H3,(H,18,20). The van der Waals surface area contributed by atoms with E-state index in [1.165, 1.54) is 0 Å². The number of fused-ring (bicyclic) bond motifs is 1. The molecule has 0 bridgehead atoms. The summed E-state index contributed by atoms with van der Waals surface area (Å²) in [5.41, 5.74) is 3.05. The first-order valence-electron chi connectivity index (χ1n) is 6.94. The normalized spacial score (nSPS) is 18.0. The van der Waals surface area contributed by atoms with Gasteiger partial charge >= 0.3 is 6.09 Å². The van der Waals surface area contributed by atoms with E-state index in [0.717, 1.165) is 36.2 Å². The van der Waals surface area contributed by atoms with E-state index in [9.17, 15) is 4.79 Å². The van der Waals surface area contributed by atoms with Gasteiger partial charge in [-0.2, -0.15) is 0 Å². The Morgan fingerprint density at radius 1 is 1.62 bits per heavy atom. The quantitative estimate of drug-likeness (QED) is 0.850. The highest BCUT2D eigenvalue weighted by atomic mass is 16.6. The predicted octanol–water partition coefficient (Wildman–Crippen LogP) is 2.40. The maximum absolute atomic E-state index is 11.6. The number of hydrogen-bond acceptors (Lipinski definition) is 4. The maximum Gasteiger partial charge on any atom is 0.412 e. The minimum Gasteiger partial charge on any atom is -0.416 e. The van der Waals surface area contributed by atoms with Gasteiger partial charge in [0.2, 0.25) is 0 Å². The summed E-state index contributed by atoms with van der Waals surface area (Å²) in [6.45, 7) is 6.83. The number of aromatic amines is 1. The molecule has 6 heteroatoms. The van der Waals surface area contributed by atoms with Gasteiger partial charge in [0.05, 0.1) is 23.0 Å². The van der Waals surface area contributed by atoms with Crippen molar-refractivity contribution in [3.05, 3.63) is 36.9 Å². The van der Waals surface area contributed by atoms with Gasteiger partial charge in [-0.3, -0.25) is 4.98 Å². The van der Waals surface area contributed by atoms with E-state index in [2.05, 4.69) is 26.8 Å². The van der Waals surface area contributed by atoms with Gasteiger partial charge in [-0.15, -0.1) is 0 Å². The molecule has 3 heterocycles. The largest absolute Gasteiger partial charge is 0.416 e. The van der Waals surface area contributed by atoms with Gasteiger partial charge < -0.3 is 19.9 Å². The van der Waals surface area contributed by atoms with Crippen molar-refractivity contribution in [3.8, 4) is 0 Å². The highest BCUT2D eigenvalue weighted by Gasteiger charge is 2.26. The molecule has 1 atom stereocenters. The zero-order valence-electron chi connectivity index (χ0n) is 11.9. The first kappa shape index (κ1) is 13.5. The van der Waals surface area contributed by atoms with E-state index in [4.69, 9.17) is 4.74 Å². The molecule has 2 aromatic rings. The molecule has 1 unspecified atom stereocenters. The second-order valence-electron chi connectivity index (χ2n) is 5.24. The minimum absolute atomic E-state index is 0.0745. The molecule has 0 spiro atoms. The number of nitrogens with one attached hydrogen (secondary N) is 2. The second kappa shape index (κ2) is 5.47. The fraction of sp³-hybridized carbons (Fsp3) is 0.333. The fourth-order valence-corrected chi connectivity index (χ4v) is 2.63. The third kappa shape index (κ3) is 2.84. The van der Waals surface area contributed by atoms with Gasteiger partial charge in [0.1, 0.15) is 5.52 Å². The number of carbonyl (C=O) groups excluding carboxylic acids is 1. The van der Waals surface area contributed by atoms with Crippen LogP contribution in [-0.4, -0.2) is 35.2 Å². The van der Waals surface area contributed by atoms with Crippen molar-refractivity contribution in [2.24, 2.45) is 0 Å². The maximum atomic E-state index is 11.6. The van der Waals surface area contributed by atoms with E-state index in [0.29, 0.717) is 5.76 Å². The summed E-state index contributed by atoms with van der Waals surface area (Å²) in [4.78, 5) is 21.4. The summed E-state index contributed by atoms with van der Waals surface area (Å²) in [7, 11) is 0. The van der Waals surface area contributed by atoms with Crippen molar-refractivity contribution in [1.82, 2.24) is 15.3 Å². The van der Waals surface area contributed by atoms with Crippen LogP contribution in [0.4, 0.5) is 10.5 Å². The number of carbonyl (C=O) groups is 1. The van der Waals surface area contributed by atoms with E-state index in [-0.39, 0.29) is 6.04 Å². The summed E-state index contributed by atoms with van der Waals surface area (Å²) in [5, 5.41) is 2.86. The van der Waals surface area contributed by atoms with Gasteiger partial charge in [0.25, 0.3) is 0 Å². The number of hydrogen-bond donors (Lipinski definition) is 2. The number of ether oxygens (including phenoxy) is 1. The highest BCUT2D eigenvalue weighted by molar-refractivity contribution is 5.89. The van der Waals surface area contributed by atoms with Gasteiger partial charge in [0, 0.05) is 25.5 Å². The Bertz CT molecular complexity index is 679. The first-order valence-corrected chi connectivity index (χ1v) is 6.94. The highest BCUT2D eigenvalue weighted by Crippen LogP contribution is 2.27. The molecule has 1 aliphatic heterocycles. The Labute approximate surface area is 122 Å². The Hall–Kier alpha value is -2.50. The summed E-state index contributed by atoms with van der Waals surface area (Å²) in [6.07, 6.45) is 4.19. The summed E-state index contributed by atoms with van der Waals surface area (Å²) in [5.74, 6) is 0.392. The molecule has 0 aliphatic carbocycles. The number of alkyl carbamates (subject to hydrolysis) is 1. The summed E-state index contributed by atoms with van der Waals surface area (Å²) in [6, 6.07) is 3.98. The molecule has 2 aromatic heterocycles. The van der Waals surface area contributed by atoms with Crippen LogP contribution in [0.15, 0.2) is 36.9 Å². The number of allylic oxidation sites excluding steroid dienone is 1. The van der Waals surface area contributed by atoms with Crippen molar-refractivity contribution in [2.45, 2.75) is 19.4 Å². The van der Waals surface area contributed by atoms with Gasteiger partial charge in [-0.25, -0.2) is 4.79 Å². The molecule has 1 saturated heterocycles. The predicted molar refractivity (Wildman–Crippen MR) is 81.1 cm³/mol. The number of aromatic nitrogens is 2. The Kier molecular flexibility index (Phi) is 3.51. The van der Waals surface area contributed by atoms with Crippen LogP contribution >= 0.6 is 0 Å². The fourth-order valence-electron chi connectivity index (χ4n) is 2.63. The van der Waals surface area contributed by atoms with E-state index in [1.807, 2.05) is 18.3 Å². The molecule has 2 N–H and O–H groups in total. The van der Waals surface area contributed by atoms with E-state index < -0.39 is 6.09 Å². The van der Waals surface area contributed by atoms with Gasteiger partial charge in [-0.1, -0.05) is 6.58 Å². The number of anilines is 1. The molecular weight excluding hydrogens is 268 g/mol. The van der Waals surface area contributed by atoms with Gasteiger partial charge in [0.15, 0.2) is 0 Å². The molecule has 0 radical (unpaired) electrons. The van der Waals surface area contributed by atoms with Crippen LogP contribution in [0.5, 0.6) is 0 Å². The van der Waals surface area contributed by atoms with Crippen molar-refractivity contribution in [2.75, 3.05) is 18.0 Å². The van der Waals surface area contributed by atoms with Crippen LogP contribution in [0.2, 0.25) is 0 Å². The Morgan fingerprint density at radius 2 is 2.48 bits per heavy atom. The lowest BCUT2D eigenvalue weighted by Gasteiger charge is -2.17. The topological polar surface area (TPSA) is 70.2 Å². The van der Waals surface area contributed by atoms with Crippen LogP contribution in [0.3, 0.4) is 0 Å². The lowest BCUT2D eigenvalue weighted by molar-refractivity contribution is 0.173. The van der Waals surface area contributed by atoms with Crippen molar-refractivity contribution in [1.29, 1.82) is 0 Å². The van der Waals surface area contributed by atoms with E-state index in [1.54, 1.807) is 13.1 Å². The Morgan fingerprint density at radius 3 is 3.29 bits per heavy atom. The molecule has 3 rings (SSSR count). The third-order valence-corrected chi connectivity index (χ3v) is 3.53. The molecule has 0 saturated carbocycles. The lowest BCUT2D eigenvalue weighted by atomic mass is 10.3. The second-order valence-corrected chi connectivity index (χ2v) is 5.24. The molecule has 21 heavy (non-hydrogen) atoms. The zero-order chi connectivity index (χ0) is 14.8. The van der Waals surface area contributed by atoms with Crippen molar-refractivity contribution in [3.63, 3.8) is 0 Å². The Balaban J connectivity index is 1.67. The number of H-pyrrole nitrogens is 1. The van der Waals surface area contributed by atoms with Crippen molar-refractivity contribution >= 4 is 22.8 Å². The van der Waals surface area contributed by atoms with E-state index >= 15 is 0 Å². The smallest absolute Gasteiger partial charge is 0.412 e. The molecule has 0 aromatic carbocycles. The van der Waals surface area contributed by atoms with Crippen LogP contribution in [0.25, 0.3) is 11.0 Å². The van der Waals surface area contributed by atoms with Crippen molar-refractivity contribution < 1.29 is 9.53 Å². The summed E-state index contributed by atoms with van der Waals surface area (Å²) >= 11 is 0. The number of rotatable bonds is 3. The molecule has 1 aliphatic rings. The average molecular weight is 286 g/mol. The van der Waals surface area contributed by atoms with Crippen LogP contribution in [0.1, 0.15) is 13.3 Å². The summed E-state index contributed by atoms with van der Waals surface area (Å²) < 4.78 is 4.93. The molecule has 6 nitrogen and oxygen atoms in total. The van der Waals surface area contributed by atoms with Crippen LogP contribution in [-0.2, 0) is 4.74 Å². The average Bonchev–Trinajstić information content (AvgIpc) is 3.03. The lowest BCUT2D eigenvalue weighted by Crippen LogP contribution is -2.37.